The van der Waals surface area contributed by atoms with Gasteiger partial charge in [-0.2, -0.15) is 0 Å². The molecule has 2 aromatic rings. The fraction of sp³-hybridized carbons (Fsp3) is 0.471. The van der Waals surface area contributed by atoms with Gasteiger partial charge in [0.25, 0.3) is 0 Å². The molecule has 4 nitrogen and oxygen atoms in total. The van der Waals surface area contributed by atoms with Crippen LogP contribution >= 0.6 is 0 Å². The molecule has 0 radical (unpaired) electrons. The number of carbonyl (C=O) groups is 1. The average Bonchev–Trinajstić information content (AvgIpc) is 2.88. The Morgan fingerprint density at radius 1 is 1.19 bits per heavy atom. The number of hydrogen-bond donors (Lipinski definition) is 2. The molecular weight excluding hydrogens is 262 g/mol. The van der Waals surface area contributed by atoms with E-state index >= 15 is 0 Å². The van der Waals surface area contributed by atoms with Gasteiger partial charge in [-0.15, -0.1) is 0 Å². The number of amides is 1. The molecule has 2 rings (SSSR count). The minimum Gasteiger partial charge on any atom is -0.361 e. The van der Waals surface area contributed by atoms with E-state index in [4.69, 9.17) is 0 Å². The zero-order valence-corrected chi connectivity index (χ0v) is 13.0. The van der Waals surface area contributed by atoms with Crippen molar-refractivity contribution in [3.8, 4) is 0 Å². The summed E-state index contributed by atoms with van der Waals surface area (Å²) in [5.74, 6) is 0. The second-order valence-electron chi connectivity index (χ2n) is 5.43. The largest absolute Gasteiger partial charge is 0.361 e. The third-order valence-electron chi connectivity index (χ3n) is 3.77. The van der Waals surface area contributed by atoms with Crippen LogP contribution in [0.3, 0.4) is 0 Å². The van der Waals surface area contributed by atoms with Gasteiger partial charge in [-0.1, -0.05) is 13.8 Å². The lowest BCUT2D eigenvalue weighted by atomic mass is 10.1. The maximum atomic E-state index is 10.6. The zero-order valence-electron chi connectivity index (χ0n) is 13.0. The maximum Gasteiger partial charge on any atom is 0.211 e. The van der Waals surface area contributed by atoms with Gasteiger partial charge in [0.05, 0.1) is 0 Å². The van der Waals surface area contributed by atoms with Crippen molar-refractivity contribution in [3.05, 3.63) is 30.0 Å². The lowest BCUT2D eigenvalue weighted by Gasteiger charge is -2.20. The standard InChI is InChI=1S/C17H25N3O/c1-3-8-20(9-4-2)10-7-14-12-18-17-6-5-15(19-13-21)11-16(14)17/h5-6,11-13,18H,3-4,7-10H2,1-2H3,(H,19,21). The van der Waals surface area contributed by atoms with Gasteiger partial charge in [-0.3, -0.25) is 4.79 Å². The summed E-state index contributed by atoms with van der Waals surface area (Å²) in [5, 5.41) is 3.92. The zero-order chi connectivity index (χ0) is 15.1. The molecule has 0 atom stereocenters. The first kappa shape index (κ1) is 15.6. The summed E-state index contributed by atoms with van der Waals surface area (Å²) >= 11 is 0. The van der Waals surface area contributed by atoms with Crippen LogP contribution in [-0.2, 0) is 11.2 Å². The summed E-state index contributed by atoms with van der Waals surface area (Å²) in [6.07, 6.45) is 6.23. The number of benzene rings is 1. The lowest BCUT2D eigenvalue weighted by Crippen LogP contribution is -2.27. The molecule has 0 unspecified atom stereocenters. The van der Waals surface area contributed by atoms with E-state index in [2.05, 4.69) is 35.2 Å². The Hall–Kier alpha value is -1.81. The van der Waals surface area contributed by atoms with Gasteiger partial charge >= 0.3 is 0 Å². The van der Waals surface area contributed by atoms with Crippen LogP contribution in [0.25, 0.3) is 10.9 Å². The van der Waals surface area contributed by atoms with E-state index in [0.717, 1.165) is 43.7 Å². The second-order valence-corrected chi connectivity index (χ2v) is 5.43. The first-order valence-electron chi connectivity index (χ1n) is 7.81. The van der Waals surface area contributed by atoms with Gasteiger partial charge in [0, 0.05) is 29.3 Å². The summed E-state index contributed by atoms with van der Waals surface area (Å²) in [4.78, 5) is 16.4. The van der Waals surface area contributed by atoms with Gasteiger partial charge in [-0.05, 0) is 56.1 Å². The molecule has 21 heavy (non-hydrogen) atoms. The summed E-state index contributed by atoms with van der Waals surface area (Å²) in [7, 11) is 0. The molecule has 114 valence electrons. The number of nitrogens with one attached hydrogen (secondary N) is 2. The SMILES string of the molecule is CCCN(CCC)CCc1c[nH]c2ccc(NC=O)cc12. The van der Waals surface area contributed by atoms with E-state index < -0.39 is 0 Å². The molecule has 0 aliphatic carbocycles. The molecule has 0 aliphatic rings. The van der Waals surface area contributed by atoms with Crippen LogP contribution in [0.4, 0.5) is 5.69 Å². The molecule has 0 aliphatic heterocycles. The number of nitrogens with zero attached hydrogens (tertiary/aromatic N) is 1. The molecular formula is C17H25N3O. The number of carbonyl (C=O) groups excluding carboxylic acids is 1. The van der Waals surface area contributed by atoms with Crippen LogP contribution in [0.15, 0.2) is 24.4 Å². The summed E-state index contributed by atoms with van der Waals surface area (Å²) in [6.45, 7) is 7.86. The molecule has 4 heteroatoms. The quantitative estimate of drug-likeness (QED) is 0.694. The highest BCUT2D eigenvalue weighted by molar-refractivity contribution is 5.88. The summed E-state index contributed by atoms with van der Waals surface area (Å²) in [5.41, 5.74) is 3.29. The van der Waals surface area contributed by atoms with E-state index in [-0.39, 0.29) is 0 Å². The monoisotopic (exact) mass is 287 g/mol. The predicted molar refractivity (Wildman–Crippen MR) is 88.7 cm³/mol. The number of aromatic amines is 1. The molecule has 0 bridgehead atoms. The molecule has 1 heterocycles. The molecule has 2 N–H and O–H groups in total. The third kappa shape index (κ3) is 4.08. The van der Waals surface area contributed by atoms with E-state index in [0.29, 0.717) is 0 Å². The van der Waals surface area contributed by atoms with Crippen LogP contribution in [0.5, 0.6) is 0 Å². The first-order valence-corrected chi connectivity index (χ1v) is 7.81. The van der Waals surface area contributed by atoms with Crippen molar-refractivity contribution in [2.75, 3.05) is 25.0 Å². The molecule has 0 saturated heterocycles. The van der Waals surface area contributed by atoms with Gasteiger partial charge in [-0.25, -0.2) is 0 Å². The molecule has 0 fully saturated rings. The minimum absolute atomic E-state index is 0.720. The fourth-order valence-corrected chi connectivity index (χ4v) is 2.79. The minimum atomic E-state index is 0.720. The van der Waals surface area contributed by atoms with Crippen molar-refractivity contribution in [1.29, 1.82) is 0 Å². The van der Waals surface area contributed by atoms with Crippen molar-refractivity contribution in [2.24, 2.45) is 0 Å². The normalized spacial score (nSPS) is 11.2. The topological polar surface area (TPSA) is 48.1 Å². The Bertz CT molecular complexity index is 570. The molecule has 0 spiro atoms. The van der Waals surface area contributed by atoms with Crippen LogP contribution in [-0.4, -0.2) is 35.9 Å². The van der Waals surface area contributed by atoms with Crippen molar-refractivity contribution in [3.63, 3.8) is 0 Å². The predicted octanol–water partition coefficient (Wildman–Crippen LogP) is 3.40. The Labute approximate surface area is 126 Å². The van der Waals surface area contributed by atoms with Crippen LogP contribution in [0.1, 0.15) is 32.3 Å². The molecule has 1 amide bonds. The van der Waals surface area contributed by atoms with Crippen molar-refractivity contribution >= 4 is 23.0 Å². The number of H-pyrrole nitrogens is 1. The Kier molecular flexibility index (Phi) is 5.81. The van der Waals surface area contributed by atoms with Crippen molar-refractivity contribution in [2.45, 2.75) is 33.1 Å². The van der Waals surface area contributed by atoms with Crippen molar-refractivity contribution < 1.29 is 4.79 Å². The number of fused-ring (bicyclic) bond motifs is 1. The fourth-order valence-electron chi connectivity index (χ4n) is 2.79. The van der Waals surface area contributed by atoms with Crippen LogP contribution in [0.2, 0.25) is 0 Å². The second kappa shape index (κ2) is 7.84. The number of aromatic nitrogens is 1. The Morgan fingerprint density at radius 3 is 2.62 bits per heavy atom. The number of hydrogen-bond acceptors (Lipinski definition) is 2. The highest BCUT2D eigenvalue weighted by atomic mass is 16.1. The van der Waals surface area contributed by atoms with E-state index in [9.17, 15) is 4.79 Å². The molecule has 1 aromatic carbocycles. The van der Waals surface area contributed by atoms with E-state index in [1.807, 2.05) is 18.2 Å². The number of rotatable bonds is 9. The average molecular weight is 287 g/mol. The smallest absolute Gasteiger partial charge is 0.211 e. The number of anilines is 1. The van der Waals surface area contributed by atoms with Crippen LogP contribution in [0, 0.1) is 0 Å². The maximum absolute atomic E-state index is 10.6. The lowest BCUT2D eigenvalue weighted by molar-refractivity contribution is -0.105. The van der Waals surface area contributed by atoms with E-state index in [1.165, 1.54) is 23.8 Å². The van der Waals surface area contributed by atoms with Crippen molar-refractivity contribution in [1.82, 2.24) is 9.88 Å². The Balaban J connectivity index is 2.10. The Morgan fingerprint density at radius 2 is 1.95 bits per heavy atom. The summed E-state index contributed by atoms with van der Waals surface area (Å²) in [6, 6.07) is 5.97. The first-order chi connectivity index (χ1) is 10.3. The molecule has 0 saturated carbocycles. The van der Waals surface area contributed by atoms with Gasteiger partial charge < -0.3 is 15.2 Å². The highest BCUT2D eigenvalue weighted by Crippen LogP contribution is 2.22. The van der Waals surface area contributed by atoms with Gasteiger partial charge in [0.15, 0.2) is 0 Å². The molecule has 1 aromatic heterocycles. The summed E-state index contributed by atoms with van der Waals surface area (Å²) < 4.78 is 0. The third-order valence-corrected chi connectivity index (χ3v) is 3.77. The highest BCUT2D eigenvalue weighted by Gasteiger charge is 2.08. The van der Waals surface area contributed by atoms with Gasteiger partial charge in [0.1, 0.15) is 0 Å². The van der Waals surface area contributed by atoms with Gasteiger partial charge in [0.2, 0.25) is 6.41 Å². The van der Waals surface area contributed by atoms with E-state index in [1.54, 1.807) is 0 Å². The van der Waals surface area contributed by atoms with Crippen LogP contribution < -0.4 is 5.32 Å².